The summed E-state index contributed by atoms with van der Waals surface area (Å²) in [6.45, 7) is 1.88. The lowest BCUT2D eigenvalue weighted by molar-refractivity contribution is 0.0977. The number of nitrogens with one attached hydrogen (secondary N) is 2. The van der Waals surface area contributed by atoms with E-state index in [0.29, 0.717) is 5.82 Å². The van der Waals surface area contributed by atoms with Crippen LogP contribution in [0.5, 0.6) is 0 Å². The van der Waals surface area contributed by atoms with Gasteiger partial charge in [-0.1, -0.05) is 6.07 Å². The highest BCUT2D eigenvalue weighted by molar-refractivity contribution is 14.1. The van der Waals surface area contributed by atoms with Crippen LogP contribution in [-0.2, 0) is 0 Å². The third-order valence-corrected chi connectivity index (χ3v) is 3.92. The van der Waals surface area contributed by atoms with Crippen LogP contribution in [0.4, 0.5) is 10.2 Å². The van der Waals surface area contributed by atoms with E-state index < -0.39 is 11.7 Å². The maximum atomic E-state index is 13.1. The summed E-state index contributed by atoms with van der Waals surface area (Å²) < 4.78 is 14.1. The molecule has 4 nitrogen and oxygen atoms in total. The molecule has 0 bridgehead atoms. The van der Waals surface area contributed by atoms with Crippen molar-refractivity contribution >= 4 is 51.6 Å². The van der Waals surface area contributed by atoms with E-state index in [-0.39, 0.29) is 10.7 Å². The summed E-state index contributed by atoms with van der Waals surface area (Å²) in [6.07, 6.45) is 0. The number of hydrogen-bond acceptors (Lipinski definition) is 3. The molecule has 0 unspecified atom stereocenters. The van der Waals surface area contributed by atoms with E-state index in [0.717, 1.165) is 15.3 Å². The maximum absolute atomic E-state index is 13.1. The van der Waals surface area contributed by atoms with Crippen molar-refractivity contribution in [3.05, 3.63) is 57.0 Å². The van der Waals surface area contributed by atoms with Crippen LogP contribution in [0, 0.1) is 16.3 Å². The van der Waals surface area contributed by atoms with E-state index in [2.05, 4.69) is 38.2 Å². The van der Waals surface area contributed by atoms with Crippen LogP contribution >= 0.6 is 34.8 Å². The Bertz CT molecular complexity index is 708. The van der Waals surface area contributed by atoms with E-state index in [4.69, 9.17) is 12.2 Å². The molecular formula is C14H11FIN3OS. The van der Waals surface area contributed by atoms with Crippen LogP contribution in [-0.4, -0.2) is 16.0 Å². The fourth-order valence-electron chi connectivity index (χ4n) is 1.57. The second kappa shape index (κ2) is 6.90. The largest absolute Gasteiger partial charge is 0.317 e. The lowest BCUT2D eigenvalue weighted by Gasteiger charge is -2.10. The number of hydrogen-bond donors (Lipinski definition) is 2. The number of thiocarbonyl (C=S) groups is 1. The molecule has 0 fully saturated rings. The van der Waals surface area contributed by atoms with Gasteiger partial charge in [-0.15, -0.1) is 0 Å². The van der Waals surface area contributed by atoms with Crippen molar-refractivity contribution < 1.29 is 9.18 Å². The van der Waals surface area contributed by atoms with Gasteiger partial charge < -0.3 is 5.32 Å². The van der Waals surface area contributed by atoms with Gasteiger partial charge in [0.15, 0.2) is 5.11 Å². The standard InChI is InChI=1S/C14H11FIN3OS/c1-8-11(16)5-6-12(17-8)18-14(21)19-13(20)9-3-2-4-10(15)7-9/h2-7H,1H3,(H2,17,18,19,20,21). The van der Waals surface area contributed by atoms with E-state index in [1.807, 2.05) is 13.0 Å². The monoisotopic (exact) mass is 415 g/mol. The number of aromatic nitrogens is 1. The van der Waals surface area contributed by atoms with Crippen LogP contribution < -0.4 is 10.6 Å². The summed E-state index contributed by atoms with van der Waals surface area (Å²) in [5, 5.41) is 5.40. The quantitative estimate of drug-likeness (QED) is 0.584. The Morgan fingerprint density at radius 1 is 1.33 bits per heavy atom. The maximum Gasteiger partial charge on any atom is 0.257 e. The lowest BCUT2D eigenvalue weighted by Crippen LogP contribution is -2.34. The first-order valence-corrected chi connectivity index (χ1v) is 7.45. The average Bonchev–Trinajstić information content (AvgIpc) is 2.43. The third kappa shape index (κ3) is 4.43. The molecule has 7 heteroatoms. The molecule has 1 aromatic carbocycles. The number of nitrogens with zero attached hydrogens (tertiary/aromatic N) is 1. The zero-order valence-electron chi connectivity index (χ0n) is 11.0. The summed E-state index contributed by atoms with van der Waals surface area (Å²) in [5.74, 6) is -0.414. The molecule has 1 amide bonds. The summed E-state index contributed by atoms with van der Waals surface area (Å²) in [4.78, 5) is 16.2. The van der Waals surface area contributed by atoms with E-state index >= 15 is 0 Å². The molecule has 2 rings (SSSR count). The summed E-state index contributed by atoms with van der Waals surface area (Å²) in [7, 11) is 0. The topological polar surface area (TPSA) is 54.0 Å². The number of pyridine rings is 1. The predicted octanol–water partition coefficient (Wildman–Crippen LogP) is 3.26. The van der Waals surface area contributed by atoms with Gasteiger partial charge in [-0.3, -0.25) is 10.1 Å². The lowest BCUT2D eigenvalue weighted by atomic mass is 10.2. The van der Waals surface area contributed by atoms with Crippen LogP contribution in [0.1, 0.15) is 16.1 Å². The molecule has 0 spiro atoms. The van der Waals surface area contributed by atoms with Gasteiger partial charge >= 0.3 is 0 Å². The van der Waals surface area contributed by atoms with Gasteiger partial charge in [0.25, 0.3) is 5.91 Å². The van der Waals surface area contributed by atoms with Gasteiger partial charge in [-0.2, -0.15) is 0 Å². The van der Waals surface area contributed by atoms with Gasteiger partial charge in [-0.05, 0) is 72.1 Å². The number of anilines is 1. The molecule has 1 heterocycles. The first-order valence-electron chi connectivity index (χ1n) is 5.97. The molecule has 2 N–H and O–H groups in total. The molecular weight excluding hydrogens is 404 g/mol. The fraction of sp³-hybridized carbons (Fsp3) is 0.0714. The zero-order valence-corrected chi connectivity index (χ0v) is 14.0. The molecule has 2 aromatic rings. The molecule has 0 saturated carbocycles. The first kappa shape index (κ1) is 15.8. The Balaban J connectivity index is 2.01. The molecule has 0 aliphatic heterocycles. The van der Waals surface area contributed by atoms with E-state index in [1.165, 1.54) is 18.2 Å². The summed E-state index contributed by atoms with van der Waals surface area (Å²) in [6, 6.07) is 9.04. The Kier molecular flexibility index (Phi) is 5.18. The van der Waals surface area contributed by atoms with Crippen molar-refractivity contribution in [2.24, 2.45) is 0 Å². The van der Waals surface area contributed by atoms with Gasteiger partial charge in [0.05, 0.1) is 5.69 Å². The second-order valence-corrected chi connectivity index (χ2v) is 5.75. The molecule has 0 saturated heterocycles. The molecule has 0 aliphatic rings. The first-order chi connectivity index (χ1) is 9.95. The Hall–Kier alpha value is -1.61. The molecule has 108 valence electrons. The fourth-order valence-corrected chi connectivity index (χ4v) is 2.06. The van der Waals surface area contributed by atoms with Crippen LogP contribution in [0.25, 0.3) is 0 Å². The predicted molar refractivity (Wildman–Crippen MR) is 91.8 cm³/mol. The van der Waals surface area contributed by atoms with Crippen LogP contribution in [0.3, 0.4) is 0 Å². The van der Waals surface area contributed by atoms with Crippen molar-refractivity contribution in [1.82, 2.24) is 10.3 Å². The molecule has 1 aromatic heterocycles. The number of benzene rings is 1. The minimum absolute atomic E-state index is 0.109. The van der Waals surface area contributed by atoms with Crippen molar-refractivity contribution in [3.63, 3.8) is 0 Å². The van der Waals surface area contributed by atoms with Crippen LogP contribution in [0.2, 0.25) is 0 Å². The molecule has 0 aliphatic carbocycles. The average molecular weight is 415 g/mol. The van der Waals surface area contributed by atoms with Gasteiger partial charge in [0.1, 0.15) is 11.6 Å². The highest BCUT2D eigenvalue weighted by atomic mass is 127. The number of amides is 1. The van der Waals surface area contributed by atoms with Crippen molar-refractivity contribution in [2.75, 3.05) is 5.32 Å². The second-order valence-electron chi connectivity index (χ2n) is 4.18. The Morgan fingerprint density at radius 2 is 2.10 bits per heavy atom. The molecule has 0 radical (unpaired) electrons. The molecule has 21 heavy (non-hydrogen) atoms. The minimum Gasteiger partial charge on any atom is -0.317 e. The summed E-state index contributed by atoms with van der Waals surface area (Å²) >= 11 is 7.22. The minimum atomic E-state index is -0.478. The number of carbonyl (C=O) groups excluding carboxylic acids is 1. The third-order valence-electron chi connectivity index (χ3n) is 2.58. The highest BCUT2D eigenvalue weighted by Crippen LogP contribution is 2.12. The van der Waals surface area contributed by atoms with Crippen molar-refractivity contribution in [2.45, 2.75) is 6.92 Å². The van der Waals surface area contributed by atoms with Crippen molar-refractivity contribution in [3.8, 4) is 0 Å². The zero-order chi connectivity index (χ0) is 15.4. The number of carbonyl (C=O) groups is 1. The van der Waals surface area contributed by atoms with Gasteiger partial charge in [0.2, 0.25) is 0 Å². The van der Waals surface area contributed by atoms with Crippen LogP contribution in [0.15, 0.2) is 36.4 Å². The Labute approximate surface area is 140 Å². The summed E-state index contributed by atoms with van der Waals surface area (Å²) in [5.41, 5.74) is 1.06. The van der Waals surface area contributed by atoms with Gasteiger partial charge in [-0.25, -0.2) is 9.37 Å². The SMILES string of the molecule is Cc1nc(NC(=S)NC(=O)c2cccc(F)c2)ccc1I. The van der Waals surface area contributed by atoms with E-state index in [9.17, 15) is 9.18 Å². The smallest absolute Gasteiger partial charge is 0.257 e. The van der Waals surface area contributed by atoms with Gasteiger partial charge in [0, 0.05) is 9.13 Å². The normalized spacial score (nSPS) is 10.0. The molecule has 0 atom stereocenters. The highest BCUT2D eigenvalue weighted by Gasteiger charge is 2.09. The number of aryl methyl sites for hydroxylation is 1. The van der Waals surface area contributed by atoms with Crippen molar-refractivity contribution in [1.29, 1.82) is 0 Å². The Morgan fingerprint density at radius 3 is 2.76 bits per heavy atom. The number of halogens is 2. The van der Waals surface area contributed by atoms with E-state index in [1.54, 1.807) is 6.07 Å². The number of rotatable bonds is 2.